The smallest absolute Gasteiger partial charge is 0.329 e. The molecule has 4 rings (SSSR count). The minimum atomic E-state index is -0.466. The highest BCUT2D eigenvalue weighted by atomic mass is 35.5. The molecule has 30 heavy (non-hydrogen) atoms. The van der Waals surface area contributed by atoms with E-state index >= 15 is 0 Å². The number of piperazine rings is 1. The quantitative estimate of drug-likeness (QED) is 0.628. The molecule has 0 bridgehead atoms. The van der Waals surface area contributed by atoms with Crippen LogP contribution in [0.4, 0.5) is 5.95 Å². The average Bonchev–Trinajstić information content (AvgIpc) is 3.08. The van der Waals surface area contributed by atoms with Gasteiger partial charge in [-0.25, -0.2) is 4.79 Å². The fourth-order valence-corrected chi connectivity index (χ4v) is 3.96. The van der Waals surface area contributed by atoms with Gasteiger partial charge in [0.2, 0.25) is 5.95 Å². The lowest BCUT2D eigenvalue weighted by Gasteiger charge is -2.35. The molecule has 1 fully saturated rings. The van der Waals surface area contributed by atoms with Crippen molar-refractivity contribution in [2.24, 2.45) is 7.05 Å². The number of hydrogen-bond donors (Lipinski definition) is 1. The zero-order valence-electron chi connectivity index (χ0n) is 17.2. The molecule has 0 amide bonds. The molecule has 0 spiro atoms. The van der Waals surface area contributed by atoms with Crippen LogP contribution in [0.1, 0.15) is 12.5 Å². The molecular formula is C21H25ClN6O2. The second-order valence-electron chi connectivity index (χ2n) is 7.84. The number of nitrogens with one attached hydrogen (secondary N) is 1. The molecular weight excluding hydrogens is 404 g/mol. The van der Waals surface area contributed by atoms with Gasteiger partial charge in [-0.2, -0.15) is 4.98 Å². The largest absolute Gasteiger partial charge is 0.340 e. The highest BCUT2D eigenvalue weighted by molar-refractivity contribution is 6.30. The molecule has 1 saturated heterocycles. The molecule has 1 N–H and O–H groups in total. The first-order valence-corrected chi connectivity index (χ1v) is 10.3. The lowest BCUT2D eigenvalue weighted by atomic mass is 10.2. The Hall–Kier alpha value is -2.84. The van der Waals surface area contributed by atoms with Gasteiger partial charge < -0.3 is 9.47 Å². The normalized spacial score (nSPS) is 15.1. The summed E-state index contributed by atoms with van der Waals surface area (Å²) in [4.78, 5) is 36.2. The number of halogens is 1. The van der Waals surface area contributed by atoms with E-state index < -0.39 is 11.2 Å². The summed E-state index contributed by atoms with van der Waals surface area (Å²) in [6.07, 6.45) is 0. The van der Waals surface area contributed by atoms with Crippen molar-refractivity contribution in [3.05, 3.63) is 67.8 Å². The van der Waals surface area contributed by atoms with Crippen LogP contribution < -0.4 is 16.1 Å². The van der Waals surface area contributed by atoms with Crippen molar-refractivity contribution >= 4 is 28.7 Å². The number of allylic oxidation sites excluding steroid dienone is 1. The molecule has 0 unspecified atom stereocenters. The standard InChI is InChI=1S/C21H25ClN6O2/c1-14(2)12-28-17-18(25(3)21(30)24-19(17)29)23-20(28)27-10-8-26(9-11-27)13-15-4-6-16(22)7-5-15/h4-7H,1,8-13H2,2-3H3,(H,24,29,30). The number of H-pyrrole nitrogens is 1. The maximum Gasteiger partial charge on any atom is 0.329 e. The predicted molar refractivity (Wildman–Crippen MR) is 119 cm³/mol. The van der Waals surface area contributed by atoms with Crippen molar-refractivity contribution in [3.63, 3.8) is 0 Å². The van der Waals surface area contributed by atoms with Crippen LogP contribution in [-0.4, -0.2) is 50.2 Å². The Morgan fingerprint density at radius 2 is 1.83 bits per heavy atom. The Morgan fingerprint density at radius 3 is 2.47 bits per heavy atom. The van der Waals surface area contributed by atoms with Crippen molar-refractivity contribution in [1.29, 1.82) is 0 Å². The molecule has 1 aliphatic rings. The minimum absolute atomic E-state index is 0.392. The van der Waals surface area contributed by atoms with E-state index in [4.69, 9.17) is 11.6 Å². The molecule has 1 aromatic carbocycles. The lowest BCUT2D eigenvalue weighted by molar-refractivity contribution is 0.248. The molecule has 2 aromatic heterocycles. The second kappa shape index (κ2) is 8.12. The third kappa shape index (κ3) is 3.93. The van der Waals surface area contributed by atoms with Crippen LogP contribution in [-0.2, 0) is 20.1 Å². The van der Waals surface area contributed by atoms with Gasteiger partial charge in [-0.15, -0.1) is 0 Å². The first kappa shape index (κ1) is 20.4. The van der Waals surface area contributed by atoms with Gasteiger partial charge in [0.15, 0.2) is 11.2 Å². The SMILES string of the molecule is C=C(C)Cn1c(N2CCN(Cc3ccc(Cl)cc3)CC2)nc2c1c(=O)[nH]c(=O)n2C. The highest BCUT2D eigenvalue weighted by Crippen LogP contribution is 2.22. The molecule has 3 aromatic rings. The zero-order valence-corrected chi connectivity index (χ0v) is 17.9. The van der Waals surface area contributed by atoms with Gasteiger partial charge in [-0.3, -0.25) is 19.2 Å². The van der Waals surface area contributed by atoms with Gasteiger partial charge in [0.05, 0.1) is 0 Å². The monoisotopic (exact) mass is 428 g/mol. The van der Waals surface area contributed by atoms with E-state index in [0.29, 0.717) is 23.7 Å². The number of aromatic amines is 1. The van der Waals surface area contributed by atoms with E-state index in [2.05, 4.69) is 26.3 Å². The maximum absolute atomic E-state index is 12.5. The first-order chi connectivity index (χ1) is 14.3. The predicted octanol–water partition coefficient (Wildman–Crippen LogP) is 1.97. The maximum atomic E-state index is 12.5. The average molecular weight is 429 g/mol. The Kier molecular flexibility index (Phi) is 5.53. The molecule has 3 heterocycles. The van der Waals surface area contributed by atoms with E-state index in [1.165, 1.54) is 10.1 Å². The van der Waals surface area contributed by atoms with Gasteiger partial charge in [-0.05, 0) is 24.6 Å². The zero-order chi connectivity index (χ0) is 21.4. The highest BCUT2D eigenvalue weighted by Gasteiger charge is 2.25. The number of rotatable bonds is 5. The van der Waals surface area contributed by atoms with Crippen LogP contribution in [0, 0.1) is 0 Å². The van der Waals surface area contributed by atoms with Gasteiger partial charge >= 0.3 is 5.69 Å². The van der Waals surface area contributed by atoms with Crippen LogP contribution >= 0.6 is 11.6 Å². The van der Waals surface area contributed by atoms with Crippen LogP contribution in [0.2, 0.25) is 5.02 Å². The van der Waals surface area contributed by atoms with E-state index in [1.54, 1.807) is 7.05 Å². The van der Waals surface area contributed by atoms with Crippen molar-refractivity contribution in [2.75, 3.05) is 31.1 Å². The summed E-state index contributed by atoms with van der Waals surface area (Å²) in [6, 6.07) is 7.92. The van der Waals surface area contributed by atoms with Gasteiger partial charge in [-0.1, -0.05) is 35.9 Å². The van der Waals surface area contributed by atoms with Gasteiger partial charge in [0.1, 0.15) is 0 Å². The number of anilines is 1. The first-order valence-electron chi connectivity index (χ1n) is 9.89. The fraction of sp³-hybridized carbons (Fsp3) is 0.381. The Morgan fingerprint density at radius 1 is 1.17 bits per heavy atom. The van der Waals surface area contributed by atoms with Crippen LogP contribution in [0.25, 0.3) is 11.2 Å². The molecule has 158 valence electrons. The van der Waals surface area contributed by atoms with E-state index in [9.17, 15) is 9.59 Å². The number of aromatic nitrogens is 4. The van der Waals surface area contributed by atoms with Crippen LogP contribution in [0.5, 0.6) is 0 Å². The molecule has 9 heteroatoms. The van der Waals surface area contributed by atoms with Crippen molar-refractivity contribution < 1.29 is 0 Å². The molecule has 0 saturated carbocycles. The third-order valence-corrected chi connectivity index (χ3v) is 5.64. The molecule has 0 atom stereocenters. The van der Waals surface area contributed by atoms with Gasteiger partial charge in [0.25, 0.3) is 5.56 Å². The van der Waals surface area contributed by atoms with Crippen LogP contribution in [0.15, 0.2) is 46.0 Å². The summed E-state index contributed by atoms with van der Waals surface area (Å²) >= 11 is 5.98. The fourth-order valence-electron chi connectivity index (χ4n) is 3.84. The number of imidazole rings is 1. The minimum Gasteiger partial charge on any atom is -0.340 e. The third-order valence-electron chi connectivity index (χ3n) is 5.39. The second-order valence-corrected chi connectivity index (χ2v) is 8.27. The summed E-state index contributed by atoms with van der Waals surface area (Å²) < 4.78 is 3.25. The topological polar surface area (TPSA) is 79.2 Å². The summed E-state index contributed by atoms with van der Waals surface area (Å²) in [7, 11) is 1.62. The van der Waals surface area contributed by atoms with E-state index in [1.807, 2.05) is 35.8 Å². The Bertz CT molecular complexity index is 1200. The molecule has 0 aliphatic carbocycles. The number of benzene rings is 1. The molecule has 8 nitrogen and oxygen atoms in total. The van der Waals surface area contributed by atoms with Crippen LogP contribution in [0.3, 0.4) is 0 Å². The van der Waals surface area contributed by atoms with E-state index in [0.717, 1.165) is 43.3 Å². The molecule has 1 aliphatic heterocycles. The summed E-state index contributed by atoms with van der Waals surface area (Å²) in [5.41, 5.74) is 2.04. The van der Waals surface area contributed by atoms with Crippen molar-refractivity contribution in [1.82, 2.24) is 24.0 Å². The summed E-state index contributed by atoms with van der Waals surface area (Å²) in [6.45, 7) is 10.5. The number of aryl methyl sites for hydroxylation is 1. The van der Waals surface area contributed by atoms with Crippen molar-refractivity contribution in [2.45, 2.75) is 20.0 Å². The molecule has 0 radical (unpaired) electrons. The Labute approximate surface area is 179 Å². The summed E-state index contributed by atoms with van der Waals surface area (Å²) in [5, 5.41) is 0.740. The number of nitrogens with zero attached hydrogens (tertiary/aromatic N) is 5. The van der Waals surface area contributed by atoms with Gasteiger partial charge in [0, 0.05) is 51.3 Å². The van der Waals surface area contributed by atoms with Crippen molar-refractivity contribution in [3.8, 4) is 0 Å². The lowest BCUT2D eigenvalue weighted by Crippen LogP contribution is -2.46. The number of hydrogen-bond acceptors (Lipinski definition) is 5. The van der Waals surface area contributed by atoms with E-state index in [-0.39, 0.29) is 0 Å². The Balaban J connectivity index is 1.60. The summed E-state index contributed by atoms with van der Waals surface area (Å²) in [5.74, 6) is 0.700. The number of fused-ring (bicyclic) bond motifs is 1.